The highest BCUT2D eigenvalue weighted by molar-refractivity contribution is 5.65. The summed E-state index contributed by atoms with van der Waals surface area (Å²) in [6.45, 7) is 1.71. The maximum Gasteiger partial charge on any atom is 0.302 e. The van der Waals surface area contributed by atoms with Gasteiger partial charge < -0.3 is 10.5 Å². The van der Waals surface area contributed by atoms with Crippen LogP contribution in [0.25, 0.3) is 0 Å². The number of nitrogens with two attached hydrogens (primary N) is 1. The molecule has 2 N–H and O–H groups in total. The zero-order valence-corrected chi connectivity index (χ0v) is 7.49. The first-order valence-corrected chi connectivity index (χ1v) is 4.03. The van der Waals surface area contributed by atoms with Crippen LogP contribution >= 0.6 is 0 Å². The summed E-state index contributed by atoms with van der Waals surface area (Å²) in [6.07, 6.45) is 2.23. The highest BCUT2D eigenvalue weighted by Crippen LogP contribution is 2.07. The lowest BCUT2D eigenvalue weighted by Gasteiger charge is -2.03. The van der Waals surface area contributed by atoms with Crippen molar-refractivity contribution in [3.63, 3.8) is 0 Å². The van der Waals surface area contributed by atoms with Crippen LogP contribution in [0.2, 0.25) is 0 Å². The fraction of sp³-hybridized carbons (Fsp3) is 0.333. The molecule has 1 heterocycles. The van der Waals surface area contributed by atoms with E-state index in [0.29, 0.717) is 18.7 Å². The lowest BCUT2D eigenvalue weighted by Crippen LogP contribution is -2.06. The quantitative estimate of drug-likeness (QED) is 0.698. The lowest BCUT2D eigenvalue weighted by molar-refractivity contribution is -0.140. The molecule has 70 valence electrons. The van der Waals surface area contributed by atoms with Gasteiger partial charge in [0.25, 0.3) is 0 Å². The second kappa shape index (κ2) is 4.45. The van der Waals surface area contributed by atoms with E-state index in [1.807, 2.05) is 0 Å². The molecule has 1 aromatic heterocycles. The fourth-order valence-corrected chi connectivity index (χ4v) is 0.951. The molecule has 0 bridgehead atoms. The molecule has 13 heavy (non-hydrogen) atoms. The maximum absolute atomic E-state index is 10.4. The van der Waals surface area contributed by atoms with Gasteiger partial charge in [-0.1, -0.05) is 0 Å². The van der Waals surface area contributed by atoms with Crippen LogP contribution < -0.4 is 5.73 Å². The van der Waals surface area contributed by atoms with Crippen molar-refractivity contribution in [1.82, 2.24) is 4.98 Å². The van der Waals surface area contributed by atoms with Gasteiger partial charge in [-0.15, -0.1) is 0 Å². The average Bonchev–Trinajstić information content (AvgIpc) is 2.08. The average molecular weight is 180 g/mol. The molecular formula is C9H12N2O2. The Morgan fingerprint density at radius 2 is 2.46 bits per heavy atom. The number of carbonyl (C=O) groups is 1. The molecule has 0 saturated heterocycles. The van der Waals surface area contributed by atoms with E-state index in [1.54, 1.807) is 18.3 Å². The van der Waals surface area contributed by atoms with Crippen molar-refractivity contribution in [2.45, 2.75) is 13.3 Å². The largest absolute Gasteiger partial charge is 0.465 e. The SMILES string of the molecule is CC(=O)OCCc1ncccc1N. The lowest BCUT2D eigenvalue weighted by atomic mass is 10.2. The van der Waals surface area contributed by atoms with Gasteiger partial charge in [-0.25, -0.2) is 0 Å². The molecule has 0 unspecified atom stereocenters. The van der Waals surface area contributed by atoms with Crippen molar-refractivity contribution >= 4 is 11.7 Å². The number of carbonyl (C=O) groups excluding carboxylic acids is 1. The summed E-state index contributed by atoms with van der Waals surface area (Å²) in [5, 5.41) is 0. The third-order valence-electron chi connectivity index (χ3n) is 1.57. The number of aromatic nitrogens is 1. The van der Waals surface area contributed by atoms with E-state index in [1.165, 1.54) is 6.92 Å². The number of rotatable bonds is 3. The Hall–Kier alpha value is -1.58. The summed E-state index contributed by atoms with van der Waals surface area (Å²) in [6, 6.07) is 3.54. The van der Waals surface area contributed by atoms with Crippen LogP contribution in [-0.2, 0) is 16.0 Å². The normalized spacial score (nSPS) is 9.62. The van der Waals surface area contributed by atoms with E-state index in [9.17, 15) is 4.79 Å². The van der Waals surface area contributed by atoms with Crippen LogP contribution in [0.3, 0.4) is 0 Å². The number of hydrogen-bond donors (Lipinski definition) is 1. The minimum atomic E-state index is -0.283. The smallest absolute Gasteiger partial charge is 0.302 e. The fourth-order valence-electron chi connectivity index (χ4n) is 0.951. The van der Waals surface area contributed by atoms with E-state index >= 15 is 0 Å². The van der Waals surface area contributed by atoms with Gasteiger partial charge in [0.1, 0.15) is 0 Å². The summed E-state index contributed by atoms with van der Waals surface area (Å²) < 4.78 is 4.77. The van der Waals surface area contributed by atoms with E-state index in [2.05, 4.69) is 4.98 Å². The zero-order chi connectivity index (χ0) is 9.68. The Labute approximate surface area is 76.7 Å². The molecule has 0 atom stereocenters. The van der Waals surface area contributed by atoms with Crippen molar-refractivity contribution in [3.8, 4) is 0 Å². The van der Waals surface area contributed by atoms with Gasteiger partial charge in [0.15, 0.2) is 0 Å². The third-order valence-corrected chi connectivity index (χ3v) is 1.57. The van der Waals surface area contributed by atoms with Gasteiger partial charge >= 0.3 is 5.97 Å². The van der Waals surface area contributed by atoms with Crippen molar-refractivity contribution in [1.29, 1.82) is 0 Å². The molecule has 0 spiro atoms. The maximum atomic E-state index is 10.4. The molecule has 0 radical (unpaired) electrons. The van der Waals surface area contributed by atoms with Crippen LogP contribution in [0, 0.1) is 0 Å². The molecule has 0 aliphatic heterocycles. The molecule has 1 rings (SSSR count). The first-order chi connectivity index (χ1) is 6.20. The van der Waals surface area contributed by atoms with E-state index in [-0.39, 0.29) is 5.97 Å². The number of esters is 1. The molecule has 0 amide bonds. The van der Waals surface area contributed by atoms with Crippen LogP contribution in [0.15, 0.2) is 18.3 Å². The summed E-state index contributed by atoms with van der Waals surface area (Å²) >= 11 is 0. The zero-order valence-electron chi connectivity index (χ0n) is 7.49. The van der Waals surface area contributed by atoms with Crippen LogP contribution in [-0.4, -0.2) is 17.6 Å². The third kappa shape index (κ3) is 3.11. The Balaban J connectivity index is 2.45. The summed E-state index contributed by atoms with van der Waals surface area (Å²) in [5.41, 5.74) is 7.04. The molecule has 4 heteroatoms. The van der Waals surface area contributed by atoms with Crippen molar-refractivity contribution in [2.24, 2.45) is 0 Å². The molecule has 0 aliphatic carbocycles. The molecule has 0 aliphatic rings. The van der Waals surface area contributed by atoms with Gasteiger partial charge in [0, 0.05) is 19.5 Å². The van der Waals surface area contributed by atoms with Gasteiger partial charge in [-0.2, -0.15) is 0 Å². The van der Waals surface area contributed by atoms with E-state index in [4.69, 9.17) is 10.5 Å². The molecule has 0 aromatic carbocycles. The standard InChI is InChI=1S/C9H12N2O2/c1-7(12)13-6-4-9-8(10)3-2-5-11-9/h2-3,5H,4,6,10H2,1H3. The monoisotopic (exact) mass is 180 g/mol. The van der Waals surface area contributed by atoms with Crippen LogP contribution in [0.1, 0.15) is 12.6 Å². The minimum absolute atomic E-state index is 0.283. The van der Waals surface area contributed by atoms with Crippen LogP contribution in [0.5, 0.6) is 0 Å². The highest BCUT2D eigenvalue weighted by Gasteiger charge is 2.00. The summed E-state index contributed by atoms with van der Waals surface area (Å²) in [4.78, 5) is 14.5. The number of ether oxygens (including phenoxy) is 1. The van der Waals surface area contributed by atoms with Crippen molar-refractivity contribution < 1.29 is 9.53 Å². The van der Waals surface area contributed by atoms with Crippen LogP contribution in [0.4, 0.5) is 5.69 Å². The molecular weight excluding hydrogens is 168 g/mol. The van der Waals surface area contributed by atoms with Gasteiger partial charge in [-0.05, 0) is 12.1 Å². The molecule has 1 aromatic rings. The van der Waals surface area contributed by atoms with E-state index < -0.39 is 0 Å². The Morgan fingerprint density at radius 3 is 3.08 bits per heavy atom. The molecule has 0 saturated carbocycles. The van der Waals surface area contributed by atoms with E-state index in [0.717, 1.165) is 5.69 Å². The molecule has 4 nitrogen and oxygen atoms in total. The first kappa shape index (κ1) is 9.51. The van der Waals surface area contributed by atoms with Crippen molar-refractivity contribution in [3.05, 3.63) is 24.0 Å². The second-order valence-electron chi connectivity index (χ2n) is 2.63. The van der Waals surface area contributed by atoms with Gasteiger partial charge in [-0.3, -0.25) is 9.78 Å². The topological polar surface area (TPSA) is 65.2 Å². The number of anilines is 1. The summed E-state index contributed by atoms with van der Waals surface area (Å²) in [7, 11) is 0. The number of pyridine rings is 1. The predicted molar refractivity (Wildman–Crippen MR) is 49.0 cm³/mol. The number of hydrogen-bond acceptors (Lipinski definition) is 4. The highest BCUT2D eigenvalue weighted by atomic mass is 16.5. The van der Waals surface area contributed by atoms with Gasteiger partial charge in [0.2, 0.25) is 0 Å². The number of nitrogen functional groups attached to an aromatic ring is 1. The molecule has 0 fully saturated rings. The summed E-state index contributed by atoms with van der Waals surface area (Å²) in [5.74, 6) is -0.283. The second-order valence-corrected chi connectivity index (χ2v) is 2.63. The van der Waals surface area contributed by atoms with Crippen molar-refractivity contribution in [2.75, 3.05) is 12.3 Å². The van der Waals surface area contributed by atoms with Gasteiger partial charge in [0.05, 0.1) is 18.0 Å². The Bertz CT molecular complexity index is 299. The Morgan fingerprint density at radius 1 is 1.69 bits per heavy atom. The Kier molecular flexibility index (Phi) is 3.25. The predicted octanol–water partition coefficient (Wildman–Crippen LogP) is 0.769. The number of nitrogens with zero attached hydrogens (tertiary/aromatic N) is 1. The first-order valence-electron chi connectivity index (χ1n) is 4.03. The minimum Gasteiger partial charge on any atom is -0.465 e.